The van der Waals surface area contributed by atoms with Gasteiger partial charge in [-0.25, -0.2) is 19.7 Å². The zero-order chi connectivity index (χ0) is 26.5. The molecule has 2 aliphatic carbocycles. The highest BCUT2D eigenvalue weighted by molar-refractivity contribution is 6.30. The van der Waals surface area contributed by atoms with Gasteiger partial charge in [0.1, 0.15) is 24.6 Å². The molecule has 7 rings (SSSR count). The summed E-state index contributed by atoms with van der Waals surface area (Å²) in [4.78, 5) is 40.1. The van der Waals surface area contributed by atoms with Gasteiger partial charge in [0.2, 0.25) is 5.91 Å². The maximum absolute atomic E-state index is 12.8. The number of carbonyl (C=O) groups excluding carboxylic acids is 2. The number of imidazole rings is 1. The molecule has 39 heavy (non-hydrogen) atoms. The molecular weight excluding hydrogens is 518 g/mol. The Morgan fingerprint density at radius 2 is 1.97 bits per heavy atom. The van der Waals surface area contributed by atoms with Gasteiger partial charge in [-0.15, -0.1) is 0 Å². The van der Waals surface area contributed by atoms with E-state index in [1.807, 2.05) is 34.9 Å². The molecule has 1 aromatic carbocycles. The molecule has 3 aromatic heterocycles. The van der Waals surface area contributed by atoms with E-state index < -0.39 is 0 Å². The molecule has 0 spiro atoms. The first-order valence-corrected chi connectivity index (χ1v) is 13.5. The van der Waals surface area contributed by atoms with E-state index in [1.54, 1.807) is 11.0 Å². The maximum atomic E-state index is 12.8. The summed E-state index contributed by atoms with van der Waals surface area (Å²) in [5, 5.41) is 6.86. The van der Waals surface area contributed by atoms with Crippen molar-refractivity contribution in [2.45, 2.75) is 37.6 Å². The topological polar surface area (TPSA) is 114 Å². The molecule has 0 unspecified atom stereocenters. The molecule has 11 heteroatoms. The fourth-order valence-electron chi connectivity index (χ4n) is 5.20. The summed E-state index contributed by atoms with van der Waals surface area (Å²) in [5.41, 5.74) is 4.57. The van der Waals surface area contributed by atoms with Crippen molar-refractivity contribution >= 4 is 46.6 Å². The maximum Gasteiger partial charge on any atom is 0.414 e. The van der Waals surface area contributed by atoms with Crippen LogP contribution in [0, 0.1) is 5.92 Å². The molecule has 4 heterocycles. The molecule has 198 valence electrons. The summed E-state index contributed by atoms with van der Waals surface area (Å²) in [6, 6.07) is 11.4. The van der Waals surface area contributed by atoms with Crippen LogP contribution >= 0.6 is 11.6 Å². The smallest absolute Gasteiger partial charge is 0.414 e. The predicted octanol–water partition coefficient (Wildman–Crippen LogP) is 4.97. The number of cyclic esters (lactones) is 1. The van der Waals surface area contributed by atoms with E-state index in [0.717, 1.165) is 36.2 Å². The second-order valence-corrected chi connectivity index (χ2v) is 10.7. The number of nitrogens with zero attached hydrogens (tertiary/aromatic N) is 5. The van der Waals surface area contributed by atoms with Crippen molar-refractivity contribution in [3.63, 3.8) is 0 Å². The molecule has 10 nitrogen and oxygen atoms in total. The van der Waals surface area contributed by atoms with Crippen LogP contribution in [0.4, 0.5) is 22.1 Å². The van der Waals surface area contributed by atoms with Crippen LogP contribution in [-0.2, 0) is 16.1 Å². The zero-order valence-electron chi connectivity index (χ0n) is 21.0. The minimum absolute atomic E-state index is 0.0654. The van der Waals surface area contributed by atoms with E-state index in [4.69, 9.17) is 21.3 Å². The summed E-state index contributed by atoms with van der Waals surface area (Å²) in [6.07, 6.45) is 8.25. The number of nitrogens with one attached hydrogen (secondary N) is 2. The molecule has 2 amide bonds. The molecule has 3 aliphatic rings. The second-order valence-electron chi connectivity index (χ2n) is 10.3. The highest BCUT2D eigenvalue weighted by Gasteiger charge is 2.44. The normalized spacial score (nSPS) is 20.2. The zero-order valence-corrected chi connectivity index (χ0v) is 21.8. The second kappa shape index (κ2) is 9.53. The monoisotopic (exact) mass is 543 g/mol. The van der Waals surface area contributed by atoms with E-state index in [1.165, 1.54) is 11.9 Å². The van der Waals surface area contributed by atoms with Crippen LogP contribution in [0.1, 0.15) is 47.9 Å². The number of amides is 2. The van der Waals surface area contributed by atoms with Crippen LogP contribution in [-0.4, -0.2) is 44.5 Å². The molecule has 1 aliphatic heterocycles. The number of aromatic nitrogens is 4. The molecule has 2 atom stereocenters. The molecule has 4 aromatic rings. The van der Waals surface area contributed by atoms with Crippen LogP contribution < -0.4 is 15.5 Å². The van der Waals surface area contributed by atoms with Gasteiger partial charge in [-0.05, 0) is 60.4 Å². The number of carbonyl (C=O) groups is 2. The third-order valence-corrected chi connectivity index (χ3v) is 7.71. The van der Waals surface area contributed by atoms with Crippen molar-refractivity contribution in [2.24, 2.45) is 5.92 Å². The minimum Gasteiger partial charge on any atom is -0.447 e. The van der Waals surface area contributed by atoms with Crippen LogP contribution in [0.5, 0.6) is 0 Å². The first kappa shape index (κ1) is 23.9. The Morgan fingerprint density at radius 3 is 2.77 bits per heavy atom. The Kier molecular flexibility index (Phi) is 5.84. The van der Waals surface area contributed by atoms with Gasteiger partial charge in [0, 0.05) is 29.4 Å². The Labute approximate surface area is 229 Å². The average Bonchev–Trinajstić information content (AvgIpc) is 3.85. The van der Waals surface area contributed by atoms with Gasteiger partial charge in [0.15, 0.2) is 5.65 Å². The number of ether oxygens (including phenoxy) is 1. The van der Waals surface area contributed by atoms with Gasteiger partial charge >= 0.3 is 6.09 Å². The fraction of sp³-hybridized carbons (Fsp3) is 0.321. The number of benzene rings is 1. The largest absolute Gasteiger partial charge is 0.447 e. The van der Waals surface area contributed by atoms with Crippen LogP contribution in [0.15, 0.2) is 55.1 Å². The molecule has 0 bridgehead atoms. The number of hydrogen-bond acceptors (Lipinski definition) is 7. The molecule has 2 saturated carbocycles. The lowest BCUT2D eigenvalue weighted by molar-refractivity contribution is -0.117. The molecule has 1 saturated heterocycles. The highest BCUT2D eigenvalue weighted by Crippen LogP contribution is 2.48. The van der Waals surface area contributed by atoms with E-state index in [9.17, 15) is 9.59 Å². The Hall–Kier alpha value is -4.18. The fourth-order valence-corrected chi connectivity index (χ4v) is 5.40. The van der Waals surface area contributed by atoms with E-state index in [-0.39, 0.29) is 23.8 Å². The number of halogens is 1. The highest BCUT2D eigenvalue weighted by atomic mass is 35.5. The van der Waals surface area contributed by atoms with Crippen LogP contribution in [0.2, 0.25) is 5.02 Å². The summed E-state index contributed by atoms with van der Waals surface area (Å²) >= 11 is 6.10. The lowest BCUT2D eigenvalue weighted by Crippen LogP contribution is -2.24. The van der Waals surface area contributed by atoms with Crippen molar-refractivity contribution < 1.29 is 14.3 Å². The van der Waals surface area contributed by atoms with Crippen LogP contribution in [0.25, 0.3) is 5.65 Å². The van der Waals surface area contributed by atoms with Gasteiger partial charge in [-0.1, -0.05) is 23.7 Å². The van der Waals surface area contributed by atoms with Crippen LogP contribution in [0.3, 0.4) is 0 Å². The number of fused-ring (bicyclic) bond motifs is 1. The van der Waals surface area contributed by atoms with Gasteiger partial charge in [0.25, 0.3) is 0 Å². The number of pyridine rings is 1. The van der Waals surface area contributed by atoms with Gasteiger partial charge < -0.3 is 19.8 Å². The molecule has 0 radical (unpaired) electrons. The van der Waals surface area contributed by atoms with Crippen molar-refractivity contribution in [2.75, 3.05) is 28.7 Å². The van der Waals surface area contributed by atoms with E-state index in [0.29, 0.717) is 47.9 Å². The van der Waals surface area contributed by atoms with Gasteiger partial charge in [-0.2, -0.15) is 0 Å². The quantitative estimate of drug-likeness (QED) is 0.322. The summed E-state index contributed by atoms with van der Waals surface area (Å²) in [7, 11) is 0. The summed E-state index contributed by atoms with van der Waals surface area (Å²) in [5.74, 6) is 1.54. The molecule has 2 N–H and O–H groups in total. The lowest BCUT2D eigenvalue weighted by atomic mass is 10.1. The molecule has 3 fully saturated rings. The molecular formula is C28H26ClN7O3. The Morgan fingerprint density at radius 1 is 1.10 bits per heavy atom. The van der Waals surface area contributed by atoms with E-state index >= 15 is 0 Å². The third-order valence-electron chi connectivity index (χ3n) is 7.48. The first-order chi connectivity index (χ1) is 19.0. The number of hydrogen-bond donors (Lipinski definition) is 2. The Balaban J connectivity index is 1.04. The lowest BCUT2D eigenvalue weighted by Gasteiger charge is -2.15. The Bertz CT molecular complexity index is 1600. The van der Waals surface area contributed by atoms with Crippen molar-refractivity contribution in [1.29, 1.82) is 0 Å². The first-order valence-electron chi connectivity index (χ1n) is 13.1. The minimum atomic E-state index is -0.340. The summed E-state index contributed by atoms with van der Waals surface area (Å²) in [6.45, 7) is 1.30. The van der Waals surface area contributed by atoms with Crippen molar-refractivity contribution in [3.05, 3.63) is 77.0 Å². The summed E-state index contributed by atoms with van der Waals surface area (Å²) < 4.78 is 7.16. The van der Waals surface area contributed by atoms with E-state index in [2.05, 4.69) is 32.9 Å². The third kappa shape index (κ3) is 4.87. The SMILES string of the molecule is O=C(Nc1cc(NCc2cn3cc(C4CC4)cc(N4CCOC4=O)c3n2)ncn1)[C@H]1C[C@@H]1c1cccc(Cl)c1. The van der Waals surface area contributed by atoms with Gasteiger partial charge in [0.05, 0.1) is 24.5 Å². The standard InChI is InChI=1S/C28H26ClN7O3/c29-19-3-1-2-17(8-19)21-10-22(21)27(37)34-25-11-24(31-15-32-25)30-12-20-14-35-13-18(16-4-5-16)9-23(26(35)33-20)36-6-7-39-28(36)38/h1-3,8-9,11,13-16,21-22H,4-7,10,12H2,(H2,30,31,32,34,37)/t21-,22+/m1/s1. The predicted molar refractivity (Wildman–Crippen MR) is 146 cm³/mol. The number of anilines is 3. The van der Waals surface area contributed by atoms with Gasteiger partial charge in [-0.3, -0.25) is 9.69 Å². The van der Waals surface area contributed by atoms with Crippen molar-refractivity contribution in [3.8, 4) is 0 Å². The van der Waals surface area contributed by atoms with Crippen molar-refractivity contribution in [1.82, 2.24) is 19.4 Å². The number of rotatable bonds is 8. The average molecular weight is 544 g/mol.